The molecular weight excluding hydrogens is 212 g/mol. The van der Waals surface area contributed by atoms with Gasteiger partial charge in [-0.2, -0.15) is 0 Å². The number of halogens is 1. The topological polar surface area (TPSA) is 45.2 Å². The summed E-state index contributed by atoms with van der Waals surface area (Å²) in [6.07, 6.45) is 6.27. The van der Waals surface area contributed by atoms with Gasteiger partial charge >= 0.3 is 0 Å². The summed E-state index contributed by atoms with van der Waals surface area (Å²) in [5, 5.41) is 13.5. The van der Waals surface area contributed by atoms with Crippen LogP contribution in [0.4, 0.5) is 0 Å². The molecule has 1 unspecified atom stereocenters. The predicted octanol–water partition coefficient (Wildman–Crippen LogP) is 1.39. The first-order valence-electron chi connectivity index (χ1n) is 5.20. The van der Waals surface area contributed by atoms with Crippen LogP contribution in [-0.2, 0) is 6.42 Å². The molecule has 0 aliphatic carbocycles. The summed E-state index contributed by atoms with van der Waals surface area (Å²) in [7, 11) is 0. The maximum atomic E-state index is 9.45. The molecule has 1 aromatic heterocycles. The van der Waals surface area contributed by atoms with Crippen LogP contribution >= 0.6 is 11.6 Å². The van der Waals surface area contributed by atoms with Gasteiger partial charge in [0.2, 0.25) is 0 Å². The van der Waals surface area contributed by atoms with Crippen molar-refractivity contribution in [2.24, 2.45) is 0 Å². The van der Waals surface area contributed by atoms with Crippen molar-refractivity contribution in [2.75, 3.05) is 13.2 Å². The number of nitrogens with zero attached hydrogens (tertiary/aromatic N) is 1. The molecule has 0 aromatic carbocycles. The summed E-state index contributed by atoms with van der Waals surface area (Å²) in [6.45, 7) is 1.13. The minimum absolute atomic E-state index is 0.158. The molecule has 1 aromatic rings. The van der Waals surface area contributed by atoms with E-state index in [2.05, 4.69) is 10.3 Å². The Morgan fingerprint density at radius 2 is 2.47 bits per heavy atom. The quantitative estimate of drug-likeness (QED) is 0.819. The van der Waals surface area contributed by atoms with E-state index in [4.69, 9.17) is 11.6 Å². The van der Waals surface area contributed by atoms with E-state index >= 15 is 0 Å². The molecule has 1 aliphatic heterocycles. The van der Waals surface area contributed by atoms with E-state index in [-0.39, 0.29) is 12.1 Å². The van der Waals surface area contributed by atoms with Crippen molar-refractivity contribution in [3.63, 3.8) is 0 Å². The highest BCUT2D eigenvalue weighted by molar-refractivity contribution is 6.31. The molecule has 1 saturated heterocycles. The highest BCUT2D eigenvalue weighted by Crippen LogP contribution is 2.26. The molecule has 0 spiro atoms. The largest absolute Gasteiger partial charge is 0.394 e. The van der Waals surface area contributed by atoms with E-state index in [9.17, 15) is 5.11 Å². The molecule has 15 heavy (non-hydrogen) atoms. The summed E-state index contributed by atoms with van der Waals surface area (Å²) in [4.78, 5) is 3.95. The zero-order valence-corrected chi connectivity index (χ0v) is 9.30. The van der Waals surface area contributed by atoms with Crippen molar-refractivity contribution >= 4 is 11.6 Å². The maximum Gasteiger partial charge on any atom is 0.0622 e. The molecule has 1 atom stereocenters. The zero-order chi connectivity index (χ0) is 10.7. The Morgan fingerprint density at radius 3 is 3.07 bits per heavy atom. The molecule has 1 aliphatic rings. The van der Waals surface area contributed by atoms with Crippen LogP contribution in [0, 0.1) is 0 Å². The molecule has 82 valence electrons. The highest BCUT2D eigenvalue weighted by Gasteiger charge is 2.33. The van der Waals surface area contributed by atoms with Gasteiger partial charge in [-0.15, -0.1) is 0 Å². The highest BCUT2D eigenvalue weighted by atomic mass is 35.5. The first-order chi connectivity index (χ1) is 7.26. The minimum atomic E-state index is -0.176. The van der Waals surface area contributed by atoms with Crippen molar-refractivity contribution in [1.82, 2.24) is 10.3 Å². The molecule has 1 fully saturated rings. The molecular formula is C11H15ClN2O. The van der Waals surface area contributed by atoms with Crippen LogP contribution in [0.15, 0.2) is 18.5 Å². The lowest BCUT2D eigenvalue weighted by molar-refractivity contribution is 0.177. The Bertz CT molecular complexity index is 337. The molecule has 2 N–H and O–H groups in total. The molecule has 4 heteroatoms. The Kier molecular flexibility index (Phi) is 3.24. The Labute approximate surface area is 94.5 Å². The second-order valence-electron chi connectivity index (χ2n) is 4.11. The number of hydrogen-bond donors (Lipinski definition) is 2. The number of aliphatic hydroxyl groups excluding tert-OH is 1. The SMILES string of the molecule is OCC1(Cc2ccncc2Cl)CCCN1. The fraction of sp³-hybridized carbons (Fsp3) is 0.545. The number of aromatic nitrogens is 1. The summed E-state index contributed by atoms with van der Waals surface area (Å²) in [6, 6.07) is 1.92. The summed E-state index contributed by atoms with van der Waals surface area (Å²) in [5.41, 5.74) is 0.875. The minimum Gasteiger partial charge on any atom is -0.394 e. The van der Waals surface area contributed by atoms with Crippen LogP contribution in [0.25, 0.3) is 0 Å². The number of rotatable bonds is 3. The Morgan fingerprint density at radius 1 is 1.60 bits per heavy atom. The lowest BCUT2D eigenvalue weighted by Gasteiger charge is -2.27. The number of nitrogens with one attached hydrogen (secondary N) is 1. The average molecular weight is 227 g/mol. The van der Waals surface area contributed by atoms with Gasteiger partial charge in [-0.3, -0.25) is 4.98 Å². The number of aliphatic hydroxyl groups is 1. The van der Waals surface area contributed by atoms with Gasteiger partial charge in [0.15, 0.2) is 0 Å². The van der Waals surface area contributed by atoms with E-state index in [1.54, 1.807) is 12.4 Å². The van der Waals surface area contributed by atoms with Crippen molar-refractivity contribution in [3.05, 3.63) is 29.0 Å². The fourth-order valence-electron chi connectivity index (χ4n) is 2.12. The average Bonchev–Trinajstić information content (AvgIpc) is 2.71. The zero-order valence-electron chi connectivity index (χ0n) is 8.54. The van der Waals surface area contributed by atoms with E-state index in [0.717, 1.165) is 31.4 Å². The Hall–Kier alpha value is -0.640. The van der Waals surface area contributed by atoms with Crippen molar-refractivity contribution in [3.8, 4) is 0 Å². The maximum absolute atomic E-state index is 9.45. The van der Waals surface area contributed by atoms with Crippen LogP contribution in [0.2, 0.25) is 5.02 Å². The predicted molar refractivity (Wildman–Crippen MR) is 60.0 cm³/mol. The van der Waals surface area contributed by atoms with Crippen molar-refractivity contribution < 1.29 is 5.11 Å². The lowest BCUT2D eigenvalue weighted by atomic mass is 9.90. The van der Waals surface area contributed by atoms with Gasteiger partial charge in [-0.1, -0.05) is 11.6 Å². The third kappa shape index (κ3) is 2.30. The van der Waals surface area contributed by atoms with E-state index in [0.29, 0.717) is 5.02 Å². The van der Waals surface area contributed by atoms with E-state index < -0.39 is 0 Å². The molecule has 0 radical (unpaired) electrons. The number of pyridine rings is 1. The first kappa shape index (κ1) is 10.9. The lowest BCUT2D eigenvalue weighted by Crippen LogP contribution is -2.45. The van der Waals surface area contributed by atoms with Crippen LogP contribution in [-0.4, -0.2) is 28.8 Å². The second-order valence-corrected chi connectivity index (χ2v) is 4.52. The third-order valence-electron chi connectivity index (χ3n) is 3.02. The van der Waals surface area contributed by atoms with Crippen LogP contribution in [0.1, 0.15) is 18.4 Å². The molecule has 2 rings (SSSR count). The van der Waals surface area contributed by atoms with Gasteiger partial charge in [0.25, 0.3) is 0 Å². The molecule has 3 nitrogen and oxygen atoms in total. The van der Waals surface area contributed by atoms with E-state index in [1.165, 1.54) is 0 Å². The first-order valence-corrected chi connectivity index (χ1v) is 5.58. The summed E-state index contributed by atoms with van der Waals surface area (Å²) >= 11 is 6.05. The molecule has 0 amide bonds. The summed E-state index contributed by atoms with van der Waals surface area (Å²) < 4.78 is 0. The van der Waals surface area contributed by atoms with Crippen LogP contribution < -0.4 is 5.32 Å². The Balaban J connectivity index is 2.16. The van der Waals surface area contributed by atoms with E-state index in [1.807, 2.05) is 6.07 Å². The summed E-state index contributed by atoms with van der Waals surface area (Å²) in [5.74, 6) is 0. The monoisotopic (exact) mass is 226 g/mol. The van der Waals surface area contributed by atoms with Crippen molar-refractivity contribution in [1.29, 1.82) is 0 Å². The van der Waals surface area contributed by atoms with Gasteiger partial charge in [-0.25, -0.2) is 0 Å². The normalized spacial score (nSPS) is 25.7. The van der Waals surface area contributed by atoms with Gasteiger partial charge in [0.1, 0.15) is 0 Å². The van der Waals surface area contributed by atoms with Crippen LogP contribution in [0.3, 0.4) is 0 Å². The van der Waals surface area contributed by atoms with Crippen molar-refractivity contribution in [2.45, 2.75) is 24.8 Å². The smallest absolute Gasteiger partial charge is 0.0622 e. The van der Waals surface area contributed by atoms with Crippen LogP contribution in [0.5, 0.6) is 0 Å². The molecule has 2 heterocycles. The molecule has 0 saturated carbocycles. The van der Waals surface area contributed by atoms with Gasteiger partial charge in [0.05, 0.1) is 11.6 Å². The fourth-order valence-corrected chi connectivity index (χ4v) is 2.31. The van der Waals surface area contributed by atoms with Gasteiger partial charge in [-0.05, 0) is 37.4 Å². The molecule has 0 bridgehead atoms. The standard InChI is InChI=1S/C11H15ClN2O/c12-10-7-13-5-2-9(10)6-11(8-15)3-1-4-14-11/h2,5,7,14-15H,1,3-4,6,8H2. The van der Waals surface area contributed by atoms with Gasteiger partial charge < -0.3 is 10.4 Å². The third-order valence-corrected chi connectivity index (χ3v) is 3.36. The van der Waals surface area contributed by atoms with Gasteiger partial charge in [0, 0.05) is 17.9 Å². The second kappa shape index (κ2) is 4.47. The number of hydrogen-bond acceptors (Lipinski definition) is 3.